The van der Waals surface area contributed by atoms with Gasteiger partial charge in [-0.3, -0.25) is 0 Å². The minimum atomic E-state index is 0.888. The molecule has 0 unspecified atom stereocenters. The molecule has 0 atom stereocenters. The van der Waals surface area contributed by atoms with E-state index in [0.717, 1.165) is 17.9 Å². The first-order chi connectivity index (χ1) is 8.70. The lowest BCUT2D eigenvalue weighted by atomic mass is 9.85. The molecule has 2 heterocycles. The lowest BCUT2D eigenvalue weighted by Crippen LogP contribution is -2.48. The van der Waals surface area contributed by atoms with Crippen molar-refractivity contribution in [1.29, 1.82) is 0 Å². The van der Waals surface area contributed by atoms with Crippen LogP contribution in [0.2, 0.25) is 0 Å². The molecule has 2 aliphatic rings. The van der Waals surface area contributed by atoms with Crippen molar-refractivity contribution in [2.75, 3.05) is 32.7 Å². The Hall–Kier alpha value is -0.0800. The van der Waals surface area contributed by atoms with Crippen LogP contribution in [0.1, 0.15) is 52.9 Å². The summed E-state index contributed by atoms with van der Waals surface area (Å²) in [7, 11) is 0. The number of rotatable bonds is 4. The van der Waals surface area contributed by atoms with Crippen molar-refractivity contribution in [3.63, 3.8) is 0 Å². The molecule has 2 saturated heterocycles. The second-order valence-corrected chi connectivity index (χ2v) is 6.69. The maximum absolute atomic E-state index is 2.79. The van der Waals surface area contributed by atoms with E-state index in [4.69, 9.17) is 0 Å². The average Bonchev–Trinajstić information content (AvgIpc) is 2.40. The van der Waals surface area contributed by atoms with Gasteiger partial charge in [0, 0.05) is 6.04 Å². The van der Waals surface area contributed by atoms with Crippen LogP contribution in [-0.2, 0) is 0 Å². The van der Waals surface area contributed by atoms with Gasteiger partial charge in [-0.2, -0.15) is 0 Å². The highest BCUT2D eigenvalue weighted by Gasteiger charge is 2.28. The molecule has 0 bridgehead atoms. The smallest absolute Gasteiger partial charge is 0.0120 e. The molecule has 2 nitrogen and oxygen atoms in total. The summed E-state index contributed by atoms with van der Waals surface area (Å²) in [5.74, 6) is 1.87. The van der Waals surface area contributed by atoms with Gasteiger partial charge in [0.15, 0.2) is 0 Å². The van der Waals surface area contributed by atoms with Gasteiger partial charge in [-0.25, -0.2) is 0 Å². The first-order valence-electron chi connectivity index (χ1n) is 8.17. The number of piperidine rings is 2. The molecule has 0 aliphatic carbocycles. The van der Waals surface area contributed by atoms with Crippen LogP contribution < -0.4 is 0 Å². The van der Waals surface area contributed by atoms with E-state index in [-0.39, 0.29) is 0 Å². The average molecular weight is 252 g/mol. The monoisotopic (exact) mass is 252 g/mol. The van der Waals surface area contributed by atoms with Crippen molar-refractivity contribution >= 4 is 0 Å². The van der Waals surface area contributed by atoms with Gasteiger partial charge in [0.2, 0.25) is 0 Å². The predicted molar refractivity (Wildman–Crippen MR) is 78.9 cm³/mol. The van der Waals surface area contributed by atoms with E-state index in [1.54, 1.807) is 0 Å². The molecule has 18 heavy (non-hydrogen) atoms. The van der Waals surface area contributed by atoms with Gasteiger partial charge in [-0.15, -0.1) is 0 Å². The number of hydrogen-bond donors (Lipinski definition) is 0. The van der Waals surface area contributed by atoms with E-state index in [9.17, 15) is 0 Å². The Morgan fingerprint density at radius 3 is 2.06 bits per heavy atom. The normalized spacial score (nSPS) is 26.0. The van der Waals surface area contributed by atoms with Crippen molar-refractivity contribution in [2.45, 2.75) is 58.9 Å². The topological polar surface area (TPSA) is 6.48 Å². The lowest BCUT2D eigenvalue weighted by molar-refractivity contribution is 0.0692. The molecule has 0 aromatic carbocycles. The Bertz CT molecular complexity index is 223. The van der Waals surface area contributed by atoms with Crippen LogP contribution in [0, 0.1) is 11.8 Å². The summed E-state index contributed by atoms with van der Waals surface area (Å²) in [6.45, 7) is 13.8. The van der Waals surface area contributed by atoms with E-state index in [1.165, 1.54) is 64.8 Å². The minimum Gasteiger partial charge on any atom is -0.303 e. The van der Waals surface area contributed by atoms with Crippen molar-refractivity contribution < 1.29 is 0 Å². The highest BCUT2D eigenvalue weighted by Crippen LogP contribution is 2.27. The zero-order valence-electron chi connectivity index (χ0n) is 12.7. The first-order valence-corrected chi connectivity index (χ1v) is 8.17. The Labute approximate surface area is 114 Å². The summed E-state index contributed by atoms with van der Waals surface area (Å²) < 4.78 is 0. The van der Waals surface area contributed by atoms with Crippen molar-refractivity contribution in [2.24, 2.45) is 11.8 Å². The van der Waals surface area contributed by atoms with Gasteiger partial charge in [0.25, 0.3) is 0 Å². The van der Waals surface area contributed by atoms with Crippen LogP contribution >= 0.6 is 0 Å². The lowest BCUT2D eigenvalue weighted by Gasteiger charge is -2.42. The maximum Gasteiger partial charge on any atom is 0.0120 e. The molecule has 0 radical (unpaired) electrons. The van der Waals surface area contributed by atoms with E-state index >= 15 is 0 Å². The molecule has 0 saturated carbocycles. The van der Waals surface area contributed by atoms with Gasteiger partial charge in [0.05, 0.1) is 0 Å². The van der Waals surface area contributed by atoms with Gasteiger partial charge in [0.1, 0.15) is 0 Å². The third kappa shape index (κ3) is 3.71. The quantitative estimate of drug-likeness (QED) is 0.758. The molecule has 2 heteroatoms. The van der Waals surface area contributed by atoms with Crippen molar-refractivity contribution in [1.82, 2.24) is 9.80 Å². The zero-order valence-corrected chi connectivity index (χ0v) is 12.7. The fourth-order valence-corrected chi connectivity index (χ4v) is 3.78. The van der Waals surface area contributed by atoms with E-state index in [1.807, 2.05) is 0 Å². The standard InChI is InChI=1S/C16H32N2/c1-4-9-17-10-7-16(8-11-17)18-12-5-15(6-13-18)14(2)3/h14-16H,4-13H2,1-3H3. The van der Waals surface area contributed by atoms with Crippen molar-refractivity contribution in [3.05, 3.63) is 0 Å². The fourth-order valence-electron chi connectivity index (χ4n) is 3.78. The van der Waals surface area contributed by atoms with Crippen LogP contribution in [0.25, 0.3) is 0 Å². The Kier molecular flexibility index (Phi) is 5.50. The highest BCUT2D eigenvalue weighted by atomic mass is 15.2. The molecule has 0 spiro atoms. The van der Waals surface area contributed by atoms with Gasteiger partial charge >= 0.3 is 0 Å². The number of nitrogens with zero attached hydrogens (tertiary/aromatic N) is 2. The molecular weight excluding hydrogens is 220 g/mol. The first kappa shape index (κ1) is 14.3. The van der Waals surface area contributed by atoms with Crippen LogP contribution in [0.4, 0.5) is 0 Å². The molecule has 0 aromatic rings. The second kappa shape index (κ2) is 6.91. The summed E-state index contributed by atoms with van der Waals surface area (Å²) in [6.07, 6.45) is 7.00. The van der Waals surface area contributed by atoms with E-state index in [2.05, 4.69) is 30.6 Å². The maximum atomic E-state index is 2.79. The van der Waals surface area contributed by atoms with Crippen LogP contribution in [0.5, 0.6) is 0 Å². The Morgan fingerprint density at radius 2 is 1.56 bits per heavy atom. The third-order valence-corrected chi connectivity index (χ3v) is 5.13. The van der Waals surface area contributed by atoms with Crippen molar-refractivity contribution in [3.8, 4) is 0 Å². The zero-order chi connectivity index (χ0) is 13.0. The Morgan fingerprint density at radius 1 is 0.944 bits per heavy atom. The summed E-state index contributed by atoms with van der Waals surface area (Å²) in [5.41, 5.74) is 0. The fraction of sp³-hybridized carbons (Fsp3) is 1.00. The molecule has 106 valence electrons. The minimum absolute atomic E-state index is 0.888. The molecule has 2 fully saturated rings. The van der Waals surface area contributed by atoms with E-state index in [0.29, 0.717) is 0 Å². The molecule has 0 amide bonds. The largest absolute Gasteiger partial charge is 0.303 e. The van der Waals surface area contributed by atoms with Gasteiger partial charge < -0.3 is 9.80 Å². The predicted octanol–water partition coefficient (Wildman–Crippen LogP) is 3.23. The van der Waals surface area contributed by atoms with Crippen LogP contribution in [0.3, 0.4) is 0 Å². The van der Waals surface area contributed by atoms with Gasteiger partial charge in [-0.05, 0) is 76.7 Å². The Balaban J connectivity index is 1.71. The van der Waals surface area contributed by atoms with E-state index < -0.39 is 0 Å². The molecule has 2 aliphatic heterocycles. The third-order valence-electron chi connectivity index (χ3n) is 5.13. The van der Waals surface area contributed by atoms with Crippen LogP contribution in [0.15, 0.2) is 0 Å². The molecule has 0 N–H and O–H groups in total. The summed E-state index contributed by atoms with van der Waals surface area (Å²) in [6, 6.07) is 0.895. The molecule has 2 rings (SSSR count). The summed E-state index contributed by atoms with van der Waals surface area (Å²) >= 11 is 0. The highest BCUT2D eigenvalue weighted by molar-refractivity contribution is 4.83. The number of likely N-dealkylation sites (tertiary alicyclic amines) is 2. The molecule has 0 aromatic heterocycles. The summed E-state index contributed by atoms with van der Waals surface area (Å²) in [4.78, 5) is 5.44. The van der Waals surface area contributed by atoms with Gasteiger partial charge in [-0.1, -0.05) is 20.8 Å². The second-order valence-electron chi connectivity index (χ2n) is 6.69. The number of hydrogen-bond acceptors (Lipinski definition) is 2. The van der Waals surface area contributed by atoms with Crippen LogP contribution in [-0.4, -0.2) is 48.6 Å². The summed E-state index contributed by atoms with van der Waals surface area (Å²) in [5, 5.41) is 0. The SMILES string of the molecule is CCCN1CCC(N2CCC(C(C)C)CC2)CC1. The molecular formula is C16H32N2.